The van der Waals surface area contributed by atoms with Gasteiger partial charge in [0, 0.05) is 17.1 Å². The molecule has 1 fully saturated rings. The highest BCUT2D eigenvalue weighted by Gasteiger charge is 2.32. The highest BCUT2D eigenvalue weighted by atomic mass is 35.5. The van der Waals surface area contributed by atoms with Crippen LogP contribution in [0.4, 0.5) is 4.39 Å². The number of carbonyl (C=O) groups excluding carboxylic acids is 1. The summed E-state index contributed by atoms with van der Waals surface area (Å²) in [6.07, 6.45) is 0.675. The third-order valence-electron chi connectivity index (χ3n) is 5.08. The van der Waals surface area contributed by atoms with Crippen molar-refractivity contribution in [3.05, 3.63) is 64.9 Å². The molecular formula is C21H24ClFN2O5S. The van der Waals surface area contributed by atoms with Crippen LogP contribution in [0.5, 0.6) is 0 Å². The first-order chi connectivity index (χ1) is 14.8. The van der Waals surface area contributed by atoms with Crippen molar-refractivity contribution in [2.45, 2.75) is 42.4 Å². The Bertz CT molecular complexity index is 1000. The van der Waals surface area contributed by atoms with Crippen LogP contribution in [0.15, 0.2) is 53.4 Å². The Labute approximate surface area is 185 Å². The Hall–Kier alpha value is -2.04. The summed E-state index contributed by atoms with van der Waals surface area (Å²) in [7, 11) is -3.69. The molecule has 0 unspecified atom stereocenters. The van der Waals surface area contributed by atoms with Crippen LogP contribution in [-0.4, -0.2) is 50.8 Å². The normalized spacial score (nSPS) is 21.6. The number of rotatable bonds is 8. The number of aliphatic hydroxyl groups is 1. The van der Waals surface area contributed by atoms with Gasteiger partial charge in [0.05, 0.1) is 23.6 Å². The Balaban J connectivity index is 1.50. The van der Waals surface area contributed by atoms with Crippen molar-refractivity contribution in [1.82, 2.24) is 10.0 Å². The molecule has 3 atom stereocenters. The van der Waals surface area contributed by atoms with Crippen LogP contribution in [0.3, 0.4) is 0 Å². The van der Waals surface area contributed by atoms with Crippen LogP contribution < -0.4 is 10.0 Å². The highest BCUT2D eigenvalue weighted by molar-refractivity contribution is 7.89. The molecule has 10 heteroatoms. The number of amides is 1. The highest BCUT2D eigenvalue weighted by Crippen LogP contribution is 2.22. The predicted molar refractivity (Wildman–Crippen MR) is 114 cm³/mol. The van der Waals surface area contributed by atoms with Crippen molar-refractivity contribution in [2.24, 2.45) is 0 Å². The van der Waals surface area contributed by atoms with Crippen LogP contribution in [-0.2, 0) is 14.8 Å². The topological polar surface area (TPSA) is 105 Å². The van der Waals surface area contributed by atoms with E-state index < -0.39 is 28.0 Å². The van der Waals surface area contributed by atoms with Crippen LogP contribution in [0.25, 0.3) is 0 Å². The second-order valence-electron chi connectivity index (χ2n) is 7.29. The quantitative estimate of drug-likeness (QED) is 0.549. The van der Waals surface area contributed by atoms with Gasteiger partial charge in [0.25, 0.3) is 5.91 Å². The van der Waals surface area contributed by atoms with E-state index in [1.807, 2.05) is 0 Å². The number of ether oxygens (including phenoxy) is 1. The van der Waals surface area contributed by atoms with Gasteiger partial charge >= 0.3 is 0 Å². The fraction of sp³-hybridized carbons (Fsp3) is 0.381. The molecule has 0 aliphatic carbocycles. The molecule has 2 aromatic carbocycles. The number of aliphatic hydroxyl groups excluding tert-OH is 1. The van der Waals surface area contributed by atoms with E-state index in [-0.39, 0.29) is 30.1 Å². The molecule has 0 spiro atoms. The maximum absolute atomic E-state index is 13.0. The molecule has 1 saturated heterocycles. The first-order valence-corrected chi connectivity index (χ1v) is 11.7. The molecule has 0 saturated carbocycles. The summed E-state index contributed by atoms with van der Waals surface area (Å²) in [5.74, 6) is -0.806. The number of sulfonamides is 1. The van der Waals surface area contributed by atoms with Crippen molar-refractivity contribution in [1.29, 1.82) is 0 Å². The molecule has 2 aromatic rings. The standard InChI is InChI=1S/C21H24ClFN2O5S/c22-15-2-1-3-18(12-15)31(28,29)24-11-10-17-8-9-19(20(13-26)30-17)25-21(27)14-4-6-16(23)7-5-14/h1-7,12,17,19-20,24,26H,8-11,13H2,(H,25,27)/t17-,19+,20+/m1/s1. The lowest BCUT2D eigenvalue weighted by molar-refractivity contribution is -0.0891. The zero-order valence-corrected chi connectivity index (χ0v) is 18.2. The minimum absolute atomic E-state index is 0.0846. The minimum atomic E-state index is -3.69. The van der Waals surface area contributed by atoms with Crippen LogP contribution in [0, 0.1) is 5.82 Å². The molecule has 3 N–H and O–H groups in total. The second-order valence-corrected chi connectivity index (χ2v) is 9.49. The molecule has 31 heavy (non-hydrogen) atoms. The van der Waals surface area contributed by atoms with Crippen molar-refractivity contribution >= 4 is 27.5 Å². The summed E-state index contributed by atoms with van der Waals surface area (Å²) in [6.45, 7) is -0.136. The molecule has 0 radical (unpaired) electrons. The van der Waals surface area contributed by atoms with Crippen molar-refractivity contribution in [3.63, 3.8) is 0 Å². The van der Waals surface area contributed by atoms with E-state index in [1.54, 1.807) is 12.1 Å². The zero-order chi connectivity index (χ0) is 22.4. The largest absolute Gasteiger partial charge is 0.394 e. The third-order valence-corrected chi connectivity index (χ3v) is 6.78. The molecule has 7 nitrogen and oxygen atoms in total. The van der Waals surface area contributed by atoms with Crippen molar-refractivity contribution in [3.8, 4) is 0 Å². The Kier molecular flexibility index (Phi) is 8.01. The van der Waals surface area contributed by atoms with Gasteiger partial charge in [-0.2, -0.15) is 0 Å². The Morgan fingerprint density at radius 2 is 1.94 bits per heavy atom. The molecule has 168 valence electrons. The summed E-state index contributed by atoms with van der Waals surface area (Å²) in [5, 5.41) is 12.8. The number of benzene rings is 2. The fourth-order valence-corrected chi connectivity index (χ4v) is 4.78. The van der Waals surface area contributed by atoms with Gasteiger partial charge in [-0.05, 0) is 61.7 Å². The summed E-state index contributed by atoms with van der Waals surface area (Å²) in [6, 6.07) is 10.8. The first-order valence-electron chi connectivity index (χ1n) is 9.86. The monoisotopic (exact) mass is 470 g/mol. The molecule has 3 rings (SSSR count). The molecule has 0 bridgehead atoms. The number of halogens is 2. The van der Waals surface area contributed by atoms with E-state index >= 15 is 0 Å². The van der Waals surface area contributed by atoms with Crippen LogP contribution >= 0.6 is 11.6 Å². The third kappa shape index (κ3) is 6.47. The molecule has 1 amide bonds. The lowest BCUT2D eigenvalue weighted by Crippen LogP contribution is -2.51. The molecule has 1 aliphatic rings. The van der Waals surface area contributed by atoms with E-state index in [4.69, 9.17) is 16.3 Å². The van der Waals surface area contributed by atoms with Gasteiger partial charge in [-0.15, -0.1) is 0 Å². The van der Waals surface area contributed by atoms with E-state index in [0.717, 1.165) is 0 Å². The number of hydrogen-bond donors (Lipinski definition) is 3. The van der Waals surface area contributed by atoms with Gasteiger partial charge in [-0.3, -0.25) is 4.79 Å². The van der Waals surface area contributed by atoms with E-state index in [1.165, 1.54) is 36.4 Å². The van der Waals surface area contributed by atoms with Crippen LogP contribution in [0.1, 0.15) is 29.6 Å². The SMILES string of the molecule is O=C(N[C@H]1CC[C@H](CCNS(=O)(=O)c2cccc(Cl)c2)O[C@H]1CO)c1ccc(F)cc1. The number of carbonyl (C=O) groups is 1. The average Bonchev–Trinajstić information content (AvgIpc) is 2.75. The maximum Gasteiger partial charge on any atom is 0.251 e. The Morgan fingerprint density at radius 3 is 2.61 bits per heavy atom. The van der Waals surface area contributed by atoms with Crippen molar-refractivity contribution in [2.75, 3.05) is 13.2 Å². The Morgan fingerprint density at radius 1 is 1.19 bits per heavy atom. The van der Waals surface area contributed by atoms with Gasteiger partial charge in [-0.1, -0.05) is 17.7 Å². The first kappa shape index (κ1) is 23.6. The van der Waals surface area contributed by atoms with E-state index in [9.17, 15) is 22.7 Å². The van der Waals surface area contributed by atoms with Gasteiger partial charge in [-0.25, -0.2) is 17.5 Å². The molecular weight excluding hydrogens is 447 g/mol. The molecule has 1 heterocycles. The second kappa shape index (κ2) is 10.5. The zero-order valence-electron chi connectivity index (χ0n) is 16.6. The van der Waals surface area contributed by atoms with E-state index in [2.05, 4.69) is 10.0 Å². The summed E-state index contributed by atoms with van der Waals surface area (Å²) in [4.78, 5) is 12.4. The van der Waals surface area contributed by atoms with Crippen molar-refractivity contribution < 1.29 is 27.4 Å². The lowest BCUT2D eigenvalue weighted by atomic mass is 9.97. The van der Waals surface area contributed by atoms with Crippen LogP contribution in [0.2, 0.25) is 5.02 Å². The summed E-state index contributed by atoms with van der Waals surface area (Å²) in [5.41, 5.74) is 0.315. The number of hydrogen-bond acceptors (Lipinski definition) is 5. The number of nitrogens with one attached hydrogen (secondary N) is 2. The van der Waals surface area contributed by atoms with Gasteiger partial charge < -0.3 is 15.2 Å². The lowest BCUT2D eigenvalue weighted by Gasteiger charge is -2.36. The van der Waals surface area contributed by atoms with E-state index in [0.29, 0.717) is 29.8 Å². The summed E-state index contributed by atoms with van der Waals surface area (Å²) >= 11 is 5.85. The smallest absolute Gasteiger partial charge is 0.251 e. The predicted octanol–water partition coefficient (Wildman–Crippen LogP) is 2.49. The maximum atomic E-state index is 13.0. The van der Waals surface area contributed by atoms with Gasteiger partial charge in [0.15, 0.2) is 0 Å². The molecule has 1 aliphatic heterocycles. The fourth-order valence-electron chi connectivity index (χ4n) is 3.43. The molecule has 0 aromatic heterocycles. The van der Waals surface area contributed by atoms with Gasteiger partial charge in [0.1, 0.15) is 11.9 Å². The minimum Gasteiger partial charge on any atom is -0.394 e. The van der Waals surface area contributed by atoms with Gasteiger partial charge in [0.2, 0.25) is 10.0 Å². The summed E-state index contributed by atoms with van der Waals surface area (Å²) < 4.78 is 46.1. The average molecular weight is 471 g/mol.